The van der Waals surface area contributed by atoms with Crippen LogP contribution in [0.3, 0.4) is 0 Å². The number of thiophene rings is 1. The van der Waals surface area contributed by atoms with Crippen molar-refractivity contribution >= 4 is 32.7 Å². The van der Waals surface area contributed by atoms with E-state index in [4.69, 9.17) is 5.73 Å². The molecule has 102 valence electrons. The second kappa shape index (κ2) is 5.22. The minimum absolute atomic E-state index is 0.222. The molecule has 6 heteroatoms. The molecule has 3 N–H and O–H groups in total. The Bertz CT molecular complexity index is 675. The van der Waals surface area contributed by atoms with Crippen molar-refractivity contribution in [2.75, 3.05) is 10.5 Å². The smallest absolute Gasteiger partial charge is 0.271 e. The first-order valence-electron chi connectivity index (χ1n) is 5.85. The molecule has 0 saturated heterocycles. The van der Waals surface area contributed by atoms with Crippen LogP contribution in [-0.4, -0.2) is 8.42 Å². The molecule has 0 radical (unpaired) electrons. The minimum Gasteiger partial charge on any atom is -0.398 e. The third kappa shape index (κ3) is 3.27. The van der Waals surface area contributed by atoms with E-state index in [0.29, 0.717) is 17.3 Å². The largest absolute Gasteiger partial charge is 0.398 e. The van der Waals surface area contributed by atoms with Crippen LogP contribution in [0.25, 0.3) is 0 Å². The summed E-state index contributed by atoms with van der Waals surface area (Å²) < 4.78 is 27.1. The molecule has 0 saturated carbocycles. The lowest BCUT2D eigenvalue weighted by Gasteiger charge is -2.10. The molecular weight excluding hydrogens is 280 g/mol. The molecule has 0 atom stereocenters. The Morgan fingerprint density at radius 1 is 1.26 bits per heavy atom. The number of nitrogens with two attached hydrogens (primary N) is 1. The maximum Gasteiger partial charge on any atom is 0.271 e. The first-order valence-corrected chi connectivity index (χ1v) is 8.21. The number of hydrogen-bond donors (Lipinski definition) is 2. The summed E-state index contributed by atoms with van der Waals surface area (Å²) in [6.45, 7) is 4.13. The molecule has 0 aliphatic heterocycles. The van der Waals surface area contributed by atoms with Gasteiger partial charge < -0.3 is 5.73 Å². The molecule has 0 aliphatic rings. The van der Waals surface area contributed by atoms with Gasteiger partial charge in [0.25, 0.3) is 10.0 Å². The van der Waals surface area contributed by atoms with Crippen molar-refractivity contribution in [1.29, 1.82) is 0 Å². The van der Waals surface area contributed by atoms with Gasteiger partial charge in [0.05, 0.1) is 0 Å². The molecule has 19 heavy (non-hydrogen) atoms. The second-order valence-corrected chi connectivity index (χ2v) is 7.41. The summed E-state index contributed by atoms with van der Waals surface area (Å²) in [4.78, 5) is 0. The predicted molar refractivity (Wildman–Crippen MR) is 80.1 cm³/mol. The monoisotopic (exact) mass is 296 g/mol. The lowest BCUT2D eigenvalue weighted by Crippen LogP contribution is -2.11. The highest BCUT2D eigenvalue weighted by atomic mass is 32.2. The van der Waals surface area contributed by atoms with Gasteiger partial charge in [-0.15, -0.1) is 11.3 Å². The molecule has 1 heterocycles. The van der Waals surface area contributed by atoms with Gasteiger partial charge in [0.15, 0.2) is 0 Å². The first kappa shape index (κ1) is 13.9. The van der Waals surface area contributed by atoms with Crippen molar-refractivity contribution in [1.82, 2.24) is 0 Å². The highest BCUT2D eigenvalue weighted by molar-refractivity contribution is 7.94. The third-order valence-electron chi connectivity index (χ3n) is 2.67. The van der Waals surface area contributed by atoms with E-state index in [1.165, 1.54) is 6.07 Å². The summed E-state index contributed by atoms with van der Waals surface area (Å²) in [6.07, 6.45) is 0. The Morgan fingerprint density at radius 3 is 2.58 bits per heavy atom. The van der Waals surface area contributed by atoms with E-state index >= 15 is 0 Å². The molecule has 0 unspecified atom stereocenters. The molecule has 4 nitrogen and oxygen atoms in total. The highest BCUT2D eigenvalue weighted by Crippen LogP contribution is 2.25. The van der Waals surface area contributed by atoms with Crippen LogP contribution < -0.4 is 10.5 Å². The van der Waals surface area contributed by atoms with Crippen molar-refractivity contribution in [3.05, 3.63) is 41.3 Å². The van der Waals surface area contributed by atoms with Crippen LogP contribution in [0.5, 0.6) is 0 Å². The molecular formula is C13H16N2O2S2. The first-order chi connectivity index (χ1) is 8.88. The van der Waals surface area contributed by atoms with E-state index in [1.54, 1.807) is 11.4 Å². The van der Waals surface area contributed by atoms with Crippen LogP contribution in [0.1, 0.15) is 25.3 Å². The van der Waals surface area contributed by atoms with Gasteiger partial charge in [0.1, 0.15) is 4.21 Å². The number of hydrogen-bond acceptors (Lipinski definition) is 4. The Morgan fingerprint density at radius 2 is 2.00 bits per heavy atom. The Labute approximate surface area is 117 Å². The number of nitrogens with one attached hydrogen (secondary N) is 1. The Hall–Kier alpha value is -1.53. The van der Waals surface area contributed by atoms with Crippen LogP contribution in [0.15, 0.2) is 39.9 Å². The normalized spacial score (nSPS) is 11.7. The summed E-state index contributed by atoms with van der Waals surface area (Å²) >= 11 is 1.11. The Kier molecular flexibility index (Phi) is 3.82. The van der Waals surface area contributed by atoms with Crippen LogP contribution in [-0.2, 0) is 10.0 Å². The zero-order valence-corrected chi connectivity index (χ0v) is 12.4. The minimum atomic E-state index is -3.55. The van der Waals surface area contributed by atoms with Gasteiger partial charge >= 0.3 is 0 Å². The number of sulfonamides is 1. The van der Waals surface area contributed by atoms with Crippen molar-refractivity contribution in [2.24, 2.45) is 0 Å². The molecule has 2 rings (SSSR count). The lowest BCUT2D eigenvalue weighted by atomic mass is 10.0. The summed E-state index contributed by atoms with van der Waals surface area (Å²) in [5.74, 6) is 0.349. The van der Waals surface area contributed by atoms with E-state index in [2.05, 4.69) is 18.6 Å². The fraction of sp³-hybridized carbons (Fsp3) is 0.231. The predicted octanol–water partition coefficient (Wildman–Crippen LogP) is 3.25. The molecule has 2 aromatic rings. The maximum atomic E-state index is 12.1. The standard InChI is InChI=1S/C13H16N2O2S2/c1-9(2)10-4-3-5-12(6-10)15-19(16,17)13-7-11(14)8-18-13/h3-9,15H,14H2,1-2H3. The van der Waals surface area contributed by atoms with Crippen molar-refractivity contribution in [3.8, 4) is 0 Å². The van der Waals surface area contributed by atoms with E-state index in [1.807, 2.05) is 18.2 Å². The second-order valence-electron chi connectivity index (χ2n) is 4.58. The molecule has 0 bridgehead atoms. The maximum absolute atomic E-state index is 12.1. The van der Waals surface area contributed by atoms with Gasteiger partial charge in [-0.2, -0.15) is 0 Å². The molecule has 0 fully saturated rings. The summed E-state index contributed by atoms with van der Waals surface area (Å²) in [6, 6.07) is 8.86. The van der Waals surface area contributed by atoms with Crippen LogP contribution >= 0.6 is 11.3 Å². The SMILES string of the molecule is CC(C)c1cccc(NS(=O)(=O)c2cc(N)cs2)c1. The molecule has 0 aliphatic carbocycles. The molecule has 0 amide bonds. The molecule has 1 aromatic carbocycles. The quantitative estimate of drug-likeness (QED) is 0.909. The van der Waals surface area contributed by atoms with Gasteiger partial charge in [-0.3, -0.25) is 4.72 Å². The average molecular weight is 296 g/mol. The van der Waals surface area contributed by atoms with E-state index in [9.17, 15) is 8.42 Å². The van der Waals surface area contributed by atoms with Gasteiger partial charge in [-0.25, -0.2) is 8.42 Å². The number of benzene rings is 1. The Balaban J connectivity index is 2.28. The third-order valence-corrected chi connectivity index (χ3v) is 5.51. The average Bonchev–Trinajstić information content (AvgIpc) is 2.76. The summed E-state index contributed by atoms with van der Waals surface area (Å²) in [7, 11) is -3.55. The topological polar surface area (TPSA) is 72.2 Å². The van der Waals surface area contributed by atoms with E-state index in [-0.39, 0.29) is 4.21 Å². The zero-order chi connectivity index (χ0) is 14.0. The van der Waals surface area contributed by atoms with Crippen molar-refractivity contribution in [3.63, 3.8) is 0 Å². The van der Waals surface area contributed by atoms with Crippen LogP contribution in [0.2, 0.25) is 0 Å². The fourth-order valence-electron chi connectivity index (χ4n) is 1.64. The van der Waals surface area contributed by atoms with Gasteiger partial charge in [-0.1, -0.05) is 26.0 Å². The van der Waals surface area contributed by atoms with Crippen LogP contribution in [0, 0.1) is 0 Å². The number of rotatable bonds is 4. The number of nitrogen functional groups attached to an aromatic ring is 1. The summed E-state index contributed by atoms with van der Waals surface area (Å²) in [5.41, 5.74) is 7.67. The van der Waals surface area contributed by atoms with Gasteiger partial charge in [-0.05, 0) is 29.7 Å². The van der Waals surface area contributed by atoms with E-state index < -0.39 is 10.0 Å². The number of anilines is 2. The molecule has 0 spiro atoms. The fourth-order valence-corrected chi connectivity index (χ4v) is 3.77. The summed E-state index contributed by atoms with van der Waals surface area (Å²) in [5, 5.41) is 1.61. The van der Waals surface area contributed by atoms with Gasteiger partial charge in [0, 0.05) is 16.8 Å². The van der Waals surface area contributed by atoms with Crippen molar-refractivity contribution < 1.29 is 8.42 Å². The molecule has 1 aromatic heterocycles. The van der Waals surface area contributed by atoms with Crippen molar-refractivity contribution in [2.45, 2.75) is 24.0 Å². The van der Waals surface area contributed by atoms with Crippen LogP contribution in [0.4, 0.5) is 11.4 Å². The lowest BCUT2D eigenvalue weighted by molar-refractivity contribution is 0.603. The van der Waals surface area contributed by atoms with Gasteiger partial charge in [0.2, 0.25) is 0 Å². The zero-order valence-electron chi connectivity index (χ0n) is 10.8. The van der Waals surface area contributed by atoms with E-state index in [0.717, 1.165) is 16.9 Å². The highest BCUT2D eigenvalue weighted by Gasteiger charge is 2.16.